The standard InChI is InChI=1S/C28H24ClFN4O3S/c1-38(35,36)12-11-34-10-9-21(16-34)20-5-7-26-24(14-20)28(32-18-31-26)33-23-6-8-27(25(29)15-23)37-17-19-3-2-4-22(30)13-19/h2-10,13-16,18H,11-12,17H2,1H3,(H,31,32,33). The van der Waals surface area contributed by atoms with E-state index in [0.29, 0.717) is 34.4 Å². The summed E-state index contributed by atoms with van der Waals surface area (Å²) in [5.74, 6) is 0.855. The molecule has 0 aliphatic carbocycles. The van der Waals surface area contributed by atoms with Crippen LogP contribution in [0.5, 0.6) is 5.75 Å². The number of sulfone groups is 1. The molecule has 1 N–H and O–H groups in total. The molecule has 2 heterocycles. The second-order valence-electron chi connectivity index (χ2n) is 8.91. The van der Waals surface area contributed by atoms with Gasteiger partial charge in [-0.15, -0.1) is 0 Å². The van der Waals surface area contributed by atoms with Gasteiger partial charge in [-0.1, -0.05) is 29.8 Å². The zero-order chi connectivity index (χ0) is 26.7. The average Bonchev–Trinajstić information content (AvgIpc) is 3.36. The molecule has 0 spiro atoms. The molecule has 0 atom stereocenters. The van der Waals surface area contributed by atoms with Gasteiger partial charge in [0.05, 0.1) is 16.3 Å². The zero-order valence-electron chi connectivity index (χ0n) is 20.4. The Morgan fingerprint density at radius 2 is 1.89 bits per heavy atom. The van der Waals surface area contributed by atoms with Crippen LogP contribution in [0.4, 0.5) is 15.9 Å². The highest BCUT2D eigenvalue weighted by atomic mass is 35.5. The third-order valence-corrected chi connectivity index (χ3v) is 7.14. The van der Waals surface area contributed by atoms with E-state index in [1.807, 2.05) is 47.3 Å². The number of nitrogens with zero attached hydrogens (tertiary/aromatic N) is 3. The first-order valence-electron chi connectivity index (χ1n) is 11.8. The summed E-state index contributed by atoms with van der Waals surface area (Å²) in [5.41, 5.74) is 4.09. The van der Waals surface area contributed by atoms with Crippen molar-refractivity contribution in [3.8, 4) is 16.9 Å². The van der Waals surface area contributed by atoms with E-state index in [2.05, 4.69) is 15.3 Å². The van der Waals surface area contributed by atoms with Crippen molar-refractivity contribution in [2.24, 2.45) is 0 Å². The van der Waals surface area contributed by atoms with E-state index in [4.69, 9.17) is 16.3 Å². The minimum atomic E-state index is -3.04. The monoisotopic (exact) mass is 550 g/mol. The molecule has 0 unspecified atom stereocenters. The molecule has 0 saturated heterocycles. The van der Waals surface area contributed by atoms with Crippen LogP contribution >= 0.6 is 11.6 Å². The summed E-state index contributed by atoms with van der Waals surface area (Å²) in [4.78, 5) is 8.81. The summed E-state index contributed by atoms with van der Waals surface area (Å²) in [5, 5.41) is 4.52. The number of ether oxygens (including phenoxy) is 1. The topological polar surface area (TPSA) is 86.1 Å². The van der Waals surface area contributed by atoms with Gasteiger partial charge in [-0.3, -0.25) is 0 Å². The third kappa shape index (κ3) is 6.30. The van der Waals surface area contributed by atoms with E-state index in [-0.39, 0.29) is 18.2 Å². The Balaban J connectivity index is 1.34. The minimum Gasteiger partial charge on any atom is -0.487 e. The quantitative estimate of drug-likeness (QED) is 0.233. The van der Waals surface area contributed by atoms with Crippen molar-refractivity contribution < 1.29 is 17.5 Å². The first-order valence-corrected chi connectivity index (χ1v) is 14.2. The van der Waals surface area contributed by atoms with Gasteiger partial charge in [0.25, 0.3) is 0 Å². The molecule has 0 aliphatic heterocycles. The van der Waals surface area contributed by atoms with Crippen LogP contribution in [0, 0.1) is 5.82 Å². The van der Waals surface area contributed by atoms with Gasteiger partial charge in [0.15, 0.2) is 0 Å². The summed E-state index contributed by atoms with van der Waals surface area (Å²) in [6.07, 6.45) is 6.51. The van der Waals surface area contributed by atoms with Crippen molar-refractivity contribution in [1.82, 2.24) is 14.5 Å². The summed E-state index contributed by atoms with van der Waals surface area (Å²) in [7, 11) is -3.04. The van der Waals surface area contributed by atoms with Gasteiger partial charge in [-0.05, 0) is 65.2 Å². The van der Waals surface area contributed by atoms with Crippen molar-refractivity contribution in [3.05, 3.63) is 102 Å². The number of benzene rings is 3. The highest BCUT2D eigenvalue weighted by Gasteiger charge is 2.10. The summed E-state index contributed by atoms with van der Waals surface area (Å²) < 4.78 is 44.0. The molecule has 5 aromatic rings. The first kappa shape index (κ1) is 25.7. The Hall–Kier alpha value is -3.95. The summed E-state index contributed by atoms with van der Waals surface area (Å²) in [6, 6.07) is 19.4. The van der Waals surface area contributed by atoms with Gasteiger partial charge in [-0.2, -0.15) is 0 Å². The molecule has 0 aliphatic rings. The van der Waals surface area contributed by atoms with E-state index in [9.17, 15) is 12.8 Å². The summed E-state index contributed by atoms with van der Waals surface area (Å²) in [6.45, 7) is 0.588. The lowest BCUT2D eigenvalue weighted by molar-refractivity contribution is 0.306. The second-order valence-corrected chi connectivity index (χ2v) is 11.6. The molecule has 3 aromatic carbocycles. The lowest BCUT2D eigenvalue weighted by Crippen LogP contribution is -2.09. The fourth-order valence-corrected chi connectivity index (χ4v) is 4.76. The molecule has 0 radical (unpaired) electrons. The number of nitrogens with one attached hydrogen (secondary N) is 1. The molecule has 194 valence electrons. The van der Waals surface area contributed by atoms with Crippen LogP contribution in [0.1, 0.15) is 5.56 Å². The van der Waals surface area contributed by atoms with Gasteiger partial charge in [0.1, 0.15) is 40.2 Å². The SMILES string of the molecule is CS(=O)(=O)CCn1ccc(-c2ccc3ncnc(Nc4ccc(OCc5cccc(F)c5)c(Cl)c4)c3c2)c1. The Morgan fingerprint density at radius 3 is 2.68 bits per heavy atom. The Kier molecular flexibility index (Phi) is 7.31. The molecule has 0 fully saturated rings. The van der Waals surface area contributed by atoms with E-state index in [0.717, 1.165) is 22.0 Å². The van der Waals surface area contributed by atoms with Gasteiger partial charge in [0, 0.05) is 36.3 Å². The number of aryl methyl sites for hydroxylation is 1. The van der Waals surface area contributed by atoms with E-state index in [1.165, 1.54) is 24.7 Å². The number of hydrogen-bond acceptors (Lipinski definition) is 6. The van der Waals surface area contributed by atoms with Crippen LogP contribution in [-0.4, -0.2) is 35.0 Å². The molecule has 0 saturated carbocycles. The number of anilines is 2. The summed E-state index contributed by atoms with van der Waals surface area (Å²) >= 11 is 6.46. The number of aromatic nitrogens is 3. The highest BCUT2D eigenvalue weighted by Crippen LogP contribution is 2.32. The van der Waals surface area contributed by atoms with E-state index in [1.54, 1.807) is 24.3 Å². The molecule has 5 rings (SSSR count). The fourth-order valence-electron chi connectivity index (χ4n) is 3.98. The Morgan fingerprint density at radius 1 is 1.03 bits per heavy atom. The number of rotatable bonds is 9. The fraction of sp³-hybridized carbons (Fsp3) is 0.143. The maximum atomic E-state index is 13.4. The Labute approximate surface area is 224 Å². The van der Waals surface area contributed by atoms with Crippen molar-refractivity contribution in [1.29, 1.82) is 0 Å². The molecule has 10 heteroatoms. The van der Waals surface area contributed by atoms with Crippen LogP contribution in [0.3, 0.4) is 0 Å². The van der Waals surface area contributed by atoms with Crippen molar-refractivity contribution in [2.75, 3.05) is 17.3 Å². The van der Waals surface area contributed by atoms with Crippen LogP contribution in [-0.2, 0) is 23.0 Å². The van der Waals surface area contributed by atoms with Crippen LogP contribution in [0.2, 0.25) is 5.02 Å². The lowest BCUT2D eigenvalue weighted by atomic mass is 10.1. The third-order valence-electron chi connectivity index (χ3n) is 5.92. The first-order chi connectivity index (χ1) is 18.2. The predicted molar refractivity (Wildman–Crippen MR) is 148 cm³/mol. The maximum absolute atomic E-state index is 13.4. The molecule has 38 heavy (non-hydrogen) atoms. The van der Waals surface area contributed by atoms with Crippen molar-refractivity contribution in [2.45, 2.75) is 13.2 Å². The predicted octanol–water partition coefficient (Wildman–Crippen LogP) is 6.26. The number of fused-ring (bicyclic) bond motifs is 1. The van der Waals surface area contributed by atoms with Gasteiger partial charge < -0.3 is 14.6 Å². The lowest BCUT2D eigenvalue weighted by Gasteiger charge is -2.12. The maximum Gasteiger partial charge on any atom is 0.149 e. The normalized spacial score (nSPS) is 11.6. The smallest absolute Gasteiger partial charge is 0.149 e. The van der Waals surface area contributed by atoms with E-state index >= 15 is 0 Å². The van der Waals surface area contributed by atoms with Crippen LogP contribution in [0.15, 0.2) is 85.5 Å². The van der Waals surface area contributed by atoms with Gasteiger partial charge in [0.2, 0.25) is 0 Å². The number of hydrogen-bond donors (Lipinski definition) is 1. The average molecular weight is 551 g/mol. The second kappa shape index (κ2) is 10.8. The van der Waals surface area contributed by atoms with Crippen LogP contribution in [0.25, 0.3) is 22.0 Å². The van der Waals surface area contributed by atoms with Gasteiger partial charge in [-0.25, -0.2) is 22.8 Å². The molecule has 7 nitrogen and oxygen atoms in total. The molecule has 2 aromatic heterocycles. The Bertz CT molecular complexity index is 1720. The largest absolute Gasteiger partial charge is 0.487 e. The molecular weight excluding hydrogens is 527 g/mol. The van der Waals surface area contributed by atoms with Crippen molar-refractivity contribution >= 4 is 43.8 Å². The minimum absolute atomic E-state index is 0.0813. The highest BCUT2D eigenvalue weighted by molar-refractivity contribution is 7.90. The number of halogens is 2. The molecule has 0 amide bonds. The van der Waals surface area contributed by atoms with Gasteiger partial charge >= 0.3 is 0 Å². The molecular formula is C28H24ClFN4O3S. The van der Waals surface area contributed by atoms with Crippen molar-refractivity contribution in [3.63, 3.8) is 0 Å². The molecule has 0 bridgehead atoms. The van der Waals surface area contributed by atoms with E-state index < -0.39 is 9.84 Å². The van der Waals surface area contributed by atoms with Crippen LogP contribution < -0.4 is 10.1 Å². The zero-order valence-corrected chi connectivity index (χ0v) is 22.0.